The average molecular weight is 427 g/mol. The number of alkyl halides is 3. The van der Waals surface area contributed by atoms with Gasteiger partial charge in [0.15, 0.2) is 0 Å². The number of hydrazone groups is 1. The van der Waals surface area contributed by atoms with E-state index < -0.39 is 11.7 Å². The van der Waals surface area contributed by atoms with Gasteiger partial charge in [-0.05, 0) is 35.4 Å². The number of hydrogen-bond donors (Lipinski definition) is 0. The minimum absolute atomic E-state index is 0.223. The lowest BCUT2D eigenvalue weighted by Gasteiger charge is -2.25. The maximum absolute atomic E-state index is 13.3. The quantitative estimate of drug-likeness (QED) is 0.425. The number of nitrogens with zero attached hydrogens (tertiary/aromatic N) is 2. The fraction of sp³-hybridized carbons (Fsp3) is 0.125. The summed E-state index contributed by atoms with van der Waals surface area (Å²) in [6, 6.07) is 22.4. The SMILES string of the molecule is FC(F)(F)c1ccc(Cl)c(N2N=C(/C=C/c3ccccc3)CC2c2ccccc2)c1. The molecular weight excluding hydrogens is 409 g/mol. The van der Waals surface area contributed by atoms with Crippen LogP contribution in [0.15, 0.2) is 90.0 Å². The van der Waals surface area contributed by atoms with Gasteiger partial charge in [-0.2, -0.15) is 18.3 Å². The molecule has 0 bridgehead atoms. The highest BCUT2D eigenvalue weighted by atomic mass is 35.5. The van der Waals surface area contributed by atoms with Crippen LogP contribution in [0.1, 0.15) is 29.2 Å². The van der Waals surface area contributed by atoms with E-state index in [1.165, 1.54) is 6.07 Å². The van der Waals surface area contributed by atoms with Crippen molar-refractivity contribution < 1.29 is 13.2 Å². The molecule has 0 N–H and O–H groups in total. The lowest BCUT2D eigenvalue weighted by atomic mass is 10.0. The number of rotatable bonds is 4. The fourth-order valence-corrected chi connectivity index (χ4v) is 3.62. The van der Waals surface area contributed by atoms with E-state index in [0.29, 0.717) is 6.42 Å². The molecule has 152 valence electrons. The molecule has 1 aliphatic rings. The van der Waals surface area contributed by atoms with E-state index in [1.807, 2.05) is 72.8 Å². The Balaban J connectivity index is 1.73. The molecule has 1 heterocycles. The van der Waals surface area contributed by atoms with Gasteiger partial charge in [0.2, 0.25) is 0 Å². The van der Waals surface area contributed by atoms with Crippen LogP contribution in [0.4, 0.5) is 18.9 Å². The molecular formula is C24H18ClF3N2. The minimum atomic E-state index is -4.46. The van der Waals surface area contributed by atoms with Gasteiger partial charge in [0.05, 0.1) is 28.0 Å². The zero-order chi connectivity index (χ0) is 21.1. The van der Waals surface area contributed by atoms with Gasteiger partial charge >= 0.3 is 6.18 Å². The summed E-state index contributed by atoms with van der Waals surface area (Å²) >= 11 is 6.30. The van der Waals surface area contributed by atoms with E-state index in [2.05, 4.69) is 5.10 Å². The van der Waals surface area contributed by atoms with Gasteiger partial charge in [-0.15, -0.1) is 0 Å². The molecule has 3 aromatic rings. The monoisotopic (exact) mass is 426 g/mol. The molecule has 0 amide bonds. The van der Waals surface area contributed by atoms with Crippen LogP contribution in [0, 0.1) is 0 Å². The van der Waals surface area contributed by atoms with Crippen molar-refractivity contribution in [2.24, 2.45) is 5.10 Å². The average Bonchev–Trinajstić information content (AvgIpc) is 3.17. The van der Waals surface area contributed by atoms with Crippen molar-refractivity contribution in [2.75, 3.05) is 5.01 Å². The van der Waals surface area contributed by atoms with Gasteiger partial charge in [-0.3, -0.25) is 5.01 Å². The van der Waals surface area contributed by atoms with Gasteiger partial charge < -0.3 is 0 Å². The largest absolute Gasteiger partial charge is 0.416 e. The maximum Gasteiger partial charge on any atom is 0.416 e. The van der Waals surface area contributed by atoms with Crippen molar-refractivity contribution in [3.8, 4) is 0 Å². The van der Waals surface area contributed by atoms with Crippen LogP contribution in [0.3, 0.4) is 0 Å². The lowest BCUT2D eigenvalue weighted by molar-refractivity contribution is -0.137. The van der Waals surface area contributed by atoms with E-state index in [0.717, 1.165) is 29.0 Å². The molecule has 0 saturated carbocycles. The molecule has 1 aliphatic heterocycles. The summed E-state index contributed by atoms with van der Waals surface area (Å²) in [5, 5.41) is 6.44. The molecule has 0 saturated heterocycles. The molecule has 2 nitrogen and oxygen atoms in total. The van der Waals surface area contributed by atoms with Gasteiger partial charge in [0, 0.05) is 6.42 Å². The van der Waals surface area contributed by atoms with Gasteiger partial charge in [0.1, 0.15) is 0 Å². The van der Waals surface area contributed by atoms with E-state index in [4.69, 9.17) is 11.6 Å². The van der Waals surface area contributed by atoms with E-state index in [-0.39, 0.29) is 16.8 Å². The Hall–Kier alpha value is -3.05. The second kappa shape index (κ2) is 8.36. The van der Waals surface area contributed by atoms with Crippen LogP contribution < -0.4 is 5.01 Å². The normalized spacial score (nSPS) is 16.9. The first-order valence-corrected chi connectivity index (χ1v) is 9.81. The van der Waals surface area contributed by atoms with Crippen LogP contribution in [0.25, 0.3) is 6.08 Å². The van der Waals surface area contributed by atoms with Crippen molar-refractivity contribution in [3.63, 3.8) is 0 Å². The fourth-order valence-electron chi connectivity index (χ4n) is 3.41. The third-order valence-corrected chi connectivity index (χ3v) is 5.23. The molecule has 1 unspecified atom stereocenters. The first kappa shape index (κ1) is 20.2. The van der Waals surface area contributed by atoms with Gasteiger partial charge in [-0.25, -0.2) is 0 Å². The molecule has 0 radical (unpaired) electrons. The van der Waals surface area contributed by atoms with E-state index in [9.17, 15) is 13.2 Å². The Morgan fingerprint density at radius 2 is 1.57 bits per heavy atom. The van der Waals surface area contributed by atoms with Crippen molar-refractivity contribution >= 4 is 29.1 Å². The Morgan fingerprint density at radius 3 is 2.23 bits per heavy atom. The van der Waals surface area contributed by atoms with Crippen LogP contribution in [0.5, 0.6) is 0 Å². The molecule has 0 aromatic heterocycles. The molecule has 1 atom stereocenters. The molecule has 4 rings (SSSR count). The predicted molar refractivity (Wildman–Crippen MR) is 116 cm³/mol. The number of anilines is 1. The third-order valence-electron chi connectivity index (χ3n) is 4.91. The molecule has 0 fully saturated rings. The first-order valence-electron chi connectivity index (χ1n) is 9.43. The third kappa shape index (κ3) is 4.41. The van der Waals surface area contributed by atoms with Crippen LogP contribution in [-0.2, 0) is 6.18 Å². The topological polar surface area (TPSA) is 15.6 Å². The summed E-state index contributed by atoms with van der Waals surface area (Å²) in [6.07, 6.45) is -0.0636. The van der Waals surface area contributed by atoms with Crippen LogP contribution in [-0.4, -0.2) is 5.71 Å². The number of benzene rings is 3. The zero-order valence-electron chi connectivity index (χ0n) is 15.9. The smallest absolute Gasteiger partial charge is 0.256 e. The van der Waals surface area contributed by atoms with Crippen LogP contribution in [0.2, 0.25) is 5.02 Å². The zero-order valence-corrected chi connectivity index (χ0v) is 16.6. The Labute approximate surface area is 177 Å². The summed E-state index contributed by atoms with van der Waals surface area (Å²) in [7, 11) is 0. The van der Waals surface area contributed by atoms with E-state index in [1.54, 1.807) is 5.01 Å². The summed E-state index contributed by atoms with van der Waals surface area (Å²) in [6.45, 7) is 0. The first-order chi connectivity index (χ1) is 14.4. The second-order valence-corrected chi connectivity index (χ2v) is 7.38. The Morgan fingerprint density at radius 1 is 0.900 bits per heavy atom. The van der Waals surface area contributed by atoms with Crippen molar-refractivity contribution in [2.45, 2.75) is 18.6 Å². The lowest BCUT2D eigenvalue weighted by Crippen LogP contribution is -2.19. The van der Waals surface area contributed by atoms with Crippen LogP contribution >= 0.6 is 11.6 Å². The number of halogens is 4. The maximum atomic E-state index is 13.3. The summed E-state index contributed by atoms with van der Waals surface area (Å²) < 4.78 is 39.8. The standard InChI is InChI=1S/C24H18ClF3N2/c25-21-14-12-19(24(26,27)28)15-23(21)30-22(18-9-5-2-6-10-18)16-20(29-30)13-11-17-7-3-1-4-8-17/h1-15,22H,16H2/b13-11+. The van der Waals surface area contributed by atoms with Gasteiger partial charge in [0.25, 0.3) is 0 Å². The summed E-state index contributed by atoms with van der Waals surface area (Å²) in [5.74, 6) is 0. The van der Waals surface area contributed by atoms with Gasteiger partial charge in [-0.1, -0.05) is 78.3 Å². The molecule has 30 heavy (non-hydrogen) atoms. The highest BCUT2D eigenvalue weighted by molar-refractivity contribution is 6.33. The van der Waals surface area contributed by atoms with Crippen molar-refractivity contribution in [3.05, 3.63) is 107 Å². The molecule has 6 heteroatoms. The highest BCUT2D eigenvalue weighted by Gasteiger charge is 2.34. The minimum Gasteiger partial charge on any atom is -0.256 e. The molecule has 3 aromatic carbocycles. The Bertz CT molecular complexity index is 1080. The molecule has 0 spiro atoms. The number of hydrogen-bond acceptors (Lipinski definition) is 2. The number of allylic oxidation sites excluding steroid dienone is 1. The summed E-state index contributed by atoms with van der Waals surface area (Å²) in [5.41, 5.74) is 2.23. The second-order valence-electron chi connectivity index (χ2n) is 6.97. The predicted octanol–water partition coefficient (Wildman–Crippen LogP) is 7.38. The highest BCUT2D eigenvalue weighted by Crippen LogP contribution is 2.41. The summed E-state index contributed by atoms with van der Waals surface area (Å²) in [4.78, 5) is 0. The Kier molecular flexibility index (Phi) is 5.64. The van der Waals surface area contributed by atoms with Crippen molar-refractivity contribution in [1.82, 2.24) is 0 Å². The van der Waals surface area contributed by atoms with E-state index >= 15 is 0 Å². The molecule has 0 aliphatic carbocycles. The van der Waals surface area contributed by atoms with Crippen molar-refractivity contribution in [1.29, 1.82) is 0 Å².